The molecule has 2 aliphatic heterocycles. The molecule has 2 aliphatic rings. The van der Waals surface area contributed by atoms with Gasteiger partial charge >= 0.3 is 6.85 Å². The molecule has 0 N–H and O–H groups in total. The van der Waals surface area contributed by atoms with Crippen LogP contribution in [0.4, 0.5) is 0 Å². The first-order valence-electron chi connectivity index (χ1n) is 24.8. The molecule has 0 saturated heterocycles. The number of rotatable bonds is 2. The first-order valence-corrected chi connectivity index (χ1v) is 24.8. The molecule has 0 fully saturated rings. The van der Waals surface area contributed by atoms with Crippen molar-refractivity contribution in [2.45, 2.75) is 105 Å². The molecule has 3 aromatic heterocycles. The number of hydrogen-bond donors (Lipinski definition) is 0. The summed E-state index contributed by atoms with van der Waals surface area (Å²) in [5.74, 6) is 0. The summed E-state index contributed by atoms with van der Waals surface area (Å²) >= 11 is 0. The van der Waals surface area contributed by atoms with Gasteiger partial charge in [0.05, 0.1) is 22.1 Å². The van der Waals surface area contributed by atoms with Crippen LogP contribution in [0.3, 0.4) is 0 Å². The van der Waals surface area contributed by atoms with E-state index < -0.39 is 0 Å². The first-order chi connectivity index (χ1) is 32.3. The van der Waals surface area contributed by atoms with Crippen molar-refractivity contribution in [2.75, 3.05) is 0 Å². The highest BCUT2D eigenvalue weighted by Gasteiger charge is 2.43. The summed E-state index contributed by atoms with van der Waals surface area (Å²) in [6.45, 7) is 28.2. The van der Waals surface area contributed by atoms with Gasteiger partial charge in [-0.25, -0.2) is 0 Å². The Hall–Kier alpha value is -6.78. The van der Waals surface area contributed by atoms with Gasteiger partial charge in [-0.1, -0.05) is 168 Å². The smallest absolute Gasteiger partial charge is 0.333 e. The lowest BCUT2D eigenvalue weighted by atomic mass is 9.45. The Bertz CT molecular complexity index is 3960. The van der Waals surface area contributed by atoms with E-state index in [1.165, 1.54) is 132 Å². The van der Waals surface area contributed by atoms with Crippen molar-refractivity contribution in [1.29, 1.82) is 0 Å². The van der Waals surface area contributed by atoms with Crippen molar-refractivity contribution in [3.05, 3.63) is 168 Å². The summed E-state index contributed by atoms with van der Waals surface area (Å²) < 4.78 is 8.04. The molecule has 0 unspecified atom stereocenters. The first kappa shape index (κ1) is 41.4. The second-order valence-corrected chi connectivity index (χ2v) is 24.3. The third-order valence-corrected chi connectivity index (χ3v) is 15.8. The summed E-state index contributed by atoms with van der Waals surface area (Å²) in [6, 6.07) is 56.9. The molecule has 0 bridgehead atoms. The Kier molecular flexibility index (Phi) is 8.20. The minimum Gasteiger partial charge on any atom is -0.375 e. The van der Waals surface area contributed by atoms with Gasteiger partial charge in [0.1, 0.15) is 0 Å². The zero-order chi connectivity index (χ0) is 47.1. The van der Waals surface area contributed by atoms with Gasteiger partial charge in [-0.3, -0.25) is 0 Å². The van der Waals surface area contributed by atoms with E-state index in [1.807, 2.05) is 0 Å². The molecule has 8 aromatic carbocycles. The molecular formula is C64H60BN3. The van der Waals surface area contributed by atoms with Gasteiger partial charge in [0, 0.05) is 60.3 Å². The Labute approximate surface area is 401 Å². The third-order valence-electron chi connectivity index (χ3n) is 15.8. The highest BCUT2D eigenvalue weighted by molar-refractivity contribution is 6.90. The maximum atomic E-state index is 2.76. The molecule has 0 spiro atoms. The molecule has 0 radical (unpaired) electrons. The van der Waals surface area contributed by atoms with Crippen molar-refractivity contribution in [3.8, 4) is 33.6 Å². The molecule has 0 atom stereocenters. The zero-order valence-corrected chi connectivity index (χ0v) is 41.8. The van der Waals surface area contributed by atoms with Gasteiger partial charge in [-0.05, 0) is 132 Å². The largest absolute Gasteiger partial charge is 0.375 e. The fraction of sp³-hybridized carbons (Fsp3) is 0.250. The maximum absolute atomic E-state index is 2.76. The molecular weight excluding hydrogens is 822 g/mol. The monoisotopic (exact) mass is 881 g/mol. The van der Waals surface area contributed by atoms with E-state index in [-0.39, 0.29) is 28.5 Å². The number of benzene rings is 8. The lowest BCUT2D eigenvalue weighted by Crippen LogP contribution is -2.55. The van der Waals surface area contributed by atoms with Crippen LogP contribution in [0.15, 0.2) is 146 Å². The summed E-state index contributed by atoms with van der Waals surface area (Å²) in [6.07, 6.45) is 0. The van der Waals surface area contributed by atoms with Gasteiger partial charge in [0.25, 0.3) is 0 Å². The van der Waals surface area contributed by atoms with E-state index in [0.29, 0.717) is 0 Å². The fourth-order valence-corrected chi connectivity index (χ4v) is 12.1. The molecule has 5 heterocycles. The van der Waals surface area contributed by atoms with Crippen LogP contribution < -0.4 is 10.9 Å². The number of fused-ring (bicyclic) bond motifs is 14. The standard InChI is InChI=1S/C64H60BN3/c1-61(2,3)39-26-27-54-46(33-39)48-34-42(64(10,11)12)35-49-47-28-38(37-20-14-13-15-21-37)29-55-57(47)65(68(54)58(48)49)51-36-50-44-22-16-18-24-52(44)66(43-31-40(62(4,5)6)30-41(32-43)63(7,8)9)59(50)56-45-23-17-19-25-53(45)67(55)60(51)56/h13-36H,1-12H3. The minimum atomic E-state index is -0.0687. The highest BCUT2D eigenvalue weighted by atomic mass is 15.0. The van der Waals surface area contributed by atoms with Crippen LogP contribution >= 0.6 is 0 Å². The molecule has 13 rings (SSSR count). The van der Waals surface area contributed by atoms with Gasteiger partial charge in [0.15, 0.2) is 0 Å². The Morgan fingerprint density at radius 2 is 0.941 bits per heavy atom. The summed E-state index contributed by atoms with van der Waals surface area (Å²) in [4.78, 5) is 0. The normalized spacial score (nSPS) is 13.9. The lowest BCUT2D eigenvalue weighted by molar-refractivity contribution is 0.568. The molecule has 0 amide bonds. The van der Waals surface area contributed by atoms with E-state index in [4.69, 9.17) is 0 Å². The maximum Gasteiger partial charge on any atom is 0.333 e. The van der Waals surface area contributed by atoms with Crippen molar-refractivity contribution in [2.24, 2.45) is 0 Å². The zero-order valence-electron chi connectivity index (χ0n) is 41.8. The van der Waals surface area contributed by atoms with E-state index in [9.17, 15) is 0 Å². The van der Waals surface area contributed by atoms with Gasteiger partial charge in [-0.15, -0.1) is 0 Å². The molecule has 68 heavy (non-hydrogen) atoms. The average molecular weight is 882 g/mol. The molecule has 0 aliphatic carbocycles. The van der Waals surface area contributed by atoms with Crippen LogP contribution in [0, 0.1) is 0 Å². The highest BCUT2D eigenvalue weighted by Crippen LogP contribution is 2.49. The molecule has 3 nitrogen and oxygen atoms in total. The van der Waals surface area contributed by atoms with Crippen LogP contribution in [-0.4, -0.2) is 20.5 Å². The second-order valence-electron chi connectivity index (χ2n) is 24.3. The number of nitrogens with zero attached hydrogens (tertiary/aromatic N) is 3. The number of para-hydroxylation sites is 2. The van der Waals surface area contributed by atoms with Crippen LogP contribution in [0.5, 0.6) is 0 Å². The van der Waals surface area contributed by atoms with Crippen molar-refractivity contribution in [3.63, 3.8) is 0 Å². The fourth-order valence-electron chi connectivity index (χ4n) is 12.1. The predicted molar refractivity (Wildman–Crippen MR) is 294 cm³/mol. The Balaban J connectivity index is 1.26. The predicted octanol–water partition coefficient (Wildman–Crippen LogP) is 15.8. The van der Waals surface area contributed by atoms with E-state index in [0.717, 1.165) is 0 Å². The minimum absolute atomic E-state index is 0.00517. The van der Waals surface area contributed by atoms with Gasteiger partial charge in [-0.2, -0.15) is 0 Å². The van der Waals surface area contributed by atoms with Crippen molar-refractivity contribution in [1.82, 2.24) is 13.6 Å². The Morgan fingerprint density at radius 1 is 0.368 bits per heavy atom. The molecule has 0 saturated carbocycles. The summed E-state index contributed by atoms with van der Waals surface area (Å²) in [5.41, 5.74) is 23.4. The number of aromatic nitrogens is 3. The topological polar surface area (TPSA) is 14.8 Å². The van der Waals surface area contributed by atoms with Gasteiger partial charge in [0.2, 0.25) is 0 Å². The van der Waals surface area contributed by atoms with Gasteiger partial charge < -0.3 is 13.6 Å². The van der Waals surface area contributed by atoms with Crippen molar-refractivity contribution >= 4 is 83.2 Å². The van der Waals surface area contributed by atoms with Crippen LogP contribution in [0.2, 0.25) is 0 Å². The molecule has 11 aromatic rings. The average Bonchev–Trinajstić information content (AvgIpc) is 3.94. The van der Waals surface area contributed by atoms with Crippen molar-refractivity contribution < 1.29 is 0 Å². The van der Waals surface area contributed by atoms with Crippen LogP contribution in [0.1, 0.15) is 105 Å². The third kappa shape index (κ3) is 5.67. The summed E-state index contributed by atoms with van der Waals surface area (Å²) in [5, 5.41) is 7.86. The SMILES string of the molecule is CC(C)(C)c1cc(-n2c3ccccc3c3cc4c5c(c6ccccc6n5-c5cc(-c6ccccc6)cc6c5B4n4c5ccc(C(C)(C)C)cc5c5cc(C(C)(C)C)cc-6c54)c32)cc(C(C)(C)C)c1. The molecule has 4 heteroatoms. The van der Waals surface area contributed by atoms with Crippen LogP contribution in [-0.2, 0) is 21.7 Å². The number of hydrogen-bond acceptors (Lipinski definition) is 0. The second kappa shape index (κ2) is 13.5. The lowest BCUT2D eigenvalue weighted by Gasteiger charge is -2.35. The van der Waals surface area contributed by atoms with E-state index >= 15 is 0 Å². The quantitative estimate of drug-likeness (QED) is 0.154. The van der Waals surface area contributed by atoms with E-state index in [1.54, 1.807) is 0 Å². The Morgan fingerprint density at radius 3 is 1.60 bits per heavy atom. The molecule has 334 valence electrons. The van der Waals surface area contributed by atoms with E-state index in [2.05, 4.69) is 242 Å². The summed E-state index contributed by atoms with van der Waals surface area (Å²) in [7, 11) is 0. The van der Waals surface area contributed by atoms with Crippen LogP contribution in [0.25, 0.3) is 99.0 Å².